The third kappa shape index (κ3) is 2.62. The maximum Gasteiger partial charge on any atom is 0.302 e. The topological polar surface area (TPSA) is 81.0 Å². The summed E-state index contributed by atoms with van der Waals surface area (Å²) in [5.41, 5.74) is 6.79. The van der Waals surface area contributed by atoms with Crippen LogP contribution in [0.4, 0.5) is 0 Å². The standard InChI is InChI=1S/C23H18N6O/c1-14-26-18-12-17(8-9-19(18)28(14)2)20-21(16-6-4-15(13-24)5-7-16)27-23(30-3)29-11-10-25-22(20)29/h4-12H,1-3H3. The summed E-state index contributed by atoms with van der Waals surface area (Å²) in [6.07, 6.45) is 3.56. The van der Waals surface area contributed by atoms with E-state index >= 15 is 0 Å². The van der Waals surface area contributed by atoms with Gasteiger partial charge in [-0.25, -0.2) is 9.97 Å². The minimum absolute atomic E-state index is 0.445. The Hall–Kier alpha value is -4.18. The number of hydrogen-bond acceptors (Lipinski definition) is 5. The van der Waals surface area contributed by atoms with Gasteiger partial charge >= 0.3 is 6.01 Å². The molecule has 0 spiro atoms. The van der Waals surface area contributed by atoms with Gasteiger partial charge in [-0.05, 0) is 36.8 Å². The third-order valence-electron chi connectivity index (χ3n) is 5.38. The number of rotatable bonds is 3. The molecular weight excluding hydrogens is 376 g/mol. The molecule has 7 nitrogen and oxygen atoms in total. The molecule has 146 valence electrons. The number of nitriles is 1. The van der Waals surface area contributed by atoms with Crippen molar-refractivity contribution in [2.24, 2.45) is 7.05 Å². The fourth-order valence-corrected chi connectivity index (χ4v) is 3.75. The molecule has 0 radical (unpaired) electrons. The highest BCUT2D eigenvalue weighted by Crippen LogP contribution is 2.37. The predicted octanol–water partition coefficient (Wildman–Crippen LogP) is 4.14. The van der Waals surface area contributed by atoms with Gasteiger partial charge in [0.1, 0.15) is 5.82 Å². The number of fused-ring (bicyclic) bond motifs is 2. The van der Waals surface area contributed by atoms with Crippen LogP contribution in [0.3, 0.4) is 0 Å². The summed E-state index contributed by atoms with van der Waals surface area (Å²) in [5, 5.41) is 9.14. The Labute approximate surface area is 172 Å². The van der Waals surface area contributed by atoms with Gasteiger partial charge in [0.2, 0.25) is 0 Å². The summed E-state index contributed by atoms with van der Waals surface area (Å²) in [6, 6.07) is 16.2. The van der Waals surface area contributed by atoms with Crippen LogP contribution in [0.15, 0.2) is 54.9 Å². The van der Waals surface area contributed by atoms with E-state index in [9.17, 15) is 0 Å². The molecule has 5 rings (SSSR count). The first kappa shape index (κ1) is 17.9. The number of benzene rings is 2. The summed E-state index contributed by atoms with van der Waals surface area (Å²) in [6.45, 7) is 1.99. The van der Waals surface area contributed by atoms with Gasteiger partial charge in [0, 0.05) is 25.0 Å². The molecule has 3 aromatic heterocycles. The molecule has 3 heterocycles. The maximum atomic E-state index is 9.14. The Morgan fingerprint density at radius 2 is 1.80 bits per heavy atom. The molecule has 0 aliphatic carbocycles. The van der Waals surface area contributed by atoms with Crippen LogP contribution in [0.25, 0.3) is 39.1 Å². The van der Waals surface area contributed by atoms with E-state index in [1.165, 1.54) is 0 Å². The number of methoxy groups -OCH3 is 1. The summed E-state index contributed by atoms with van der Waals surface area (Å²) >= 11 is 0. The average Bonchev–Trinajstić information content (AvgIpc) is 3.37. The van der Waals surface area contributed by atoms with Crippen LogP contribution in [-0.2, 0) is 7.05 Å². The van der Waals surface area contributed by atoms with Crippen molar-refractivity contribution in [3.8, 4) is 34.5 Å². The van der Waals surface area contributed by atoms with Gasteiger partial charge in [-0.1, -0.05) is 18.2 Å². The number of ether oxygens (including phenoxy) is 1. The Morgan fingerprint density at radius 3 is 2.53 bits per heavy atom. The minimum atomic E-state index is 0.445. The monoisotopic (exact) mass is 394 g/mol. The first-order chi connectivity index (χ1) is 14.6. The number of hydrogen-bond donors (Lipinski definition) is 0. The lowest BCUT2D eigenvalue weighted by atomic mass is 9.99. The van der Waals surface area contributed by atoms with E-state index in [4.69, 9.17) is 15.0 Å². The quantitative estimate of drug-likeness (QED) is 0.459. The van der Waals surface area contributed by atoms with Crippen LogP contribution in [0.2, 0.25) is 0 Å². The first-order valence-corrected chi connectivity index (χ1v) is 9.45. The van der Waals surface area contributed by atoms with Crippen molar-refractivity contribution in [2.45, 2.75) is 6.92 Å². The Kier molecular flexibility index (Phi) is 4.00. The molecule has 2 aromatic carbocycles. The minimum Gasteiger partial charge on any atom is -0.468 e. The van der Waals surface area contributed by atoms with Gasteiger partial charge in [-0.3, -0.25) is 4.40 Å². The Morgan fingerprint density at radius 1 is 1.03 bits per heavy atom. The molecule has 7 heteroatoms. The van der Waals surface area contributed by atoms with Crippen LogP contribution in [0.1, 0.15) is 11.4 Å². The highest BCUT2D eigenvalue weighted by Gasteiger charge is 2.19. The van der Waals surface area contributed by atoms with Crippen LogP contribution >= 0.6 is 0 Å². The van der Waals surface area contributed by atoms with E-state index in [1.54, 1.807) is 25.4 Å². The molecule has 5 aromatic rings. The lowest BCUT2D eigenvalue weighted by Gasteiger charge is -2.14. The van der Waals surface area contributed by atoms with E-state index in [0.29, 0.717) is 11.6 Å². The van der Waals surface area contributed by atoms with Crippen molar-refractivity contribution in [2.75, 3.05) is 7.11 Å². The predicted molar refractivity (Wildman–Crippen MR) is 114 cm³/mol. The zero-order valence-corrected chi connectivity index (χ0v) is 16.8. The molecule has 0 aliphatic rings. The number of imidazole rings is 2. The second kappa shape index (κ2) is 6.71. The van der Waals surface area contributed by atoms with E-state index in [0.717, 1.165) is 44.9 Å². The highest BCUT2D eigenvalue weighted by molar-refractivity contribution is 5.93. The number of nitrogens with zero attached hydrogens (tertiary/aromatic N) is 6. The summed E-state index contributed by atoms with van der Waals surface area (Å²) in [4.78, 5) is 14.1. The van der Waals surface area contributed by atoms with E-state index in [-0.39, 0.29) is 0 Å². The molecule has 0 saturated heterocycles. The smallest absolute Gasteiger partial charge is 0.302 e. The third-order valence-corrected chi connectivity index (χ3v) is 5.38. The molecule has 0 fully saturated rings. The van der Waals surface area contributed by atoms with Crippen molar-refractivity contribution in [1.82, 2.24) is 23.9 Å². The lowest BCUT2D eigenvalue weighted by molar-refractivity contribution is 0.375. The Bertz CT molecular complexity index is 1450. The van der Waals surface area contributed by atoms with Gasteiger partial charge in [-0.15, -0.1) is 0 Å². The Balaban J connectivity index is 1.83. The zero-order chi connectivity index (χ0) is 20.8. The molecule has 0 N–H and O–H groups in total. The van der Waals surface area contributed by atoms with Gasteiger partial charge in [0.15, 0.2) is 5.65 Å². The van der Waals surface area contributed by atoms with Crippen molar-refractivity contribution in [3.63, 3.8) is 0 Å². The molecule has 30 heavy (non-hydrogen) atoms. The van der Waals surface area contributed by atoms with Crippen molar-refractivity contribution in [1.29, 1.82) is 5.26 Å². The molecule has 0 aliphatic heterocycles. The van der Waals surface area contributed by atoms with Crippen molar-refractivity contribution in [3.05, 3.63) is 66.2 Å². The van der Waals surface area contributed by atoms with E-state index in [2.05, 4.69) is 38.8 Å². The van der Waals surface area contributed by atoms with Crippen LogP contribution in [0.5, 0.6) is 6.01 Å². The highest BCUT2D eigenvalue weighted by atomic mass is 16.5. The molecular formula is C23H18N6O. The van der Waals surface area contributed by atoms with Gasteiger partial charge in [0.25, 0.3) is 0 Å². The van der Waals surface area contributed by atoms with Crippen LogP contribution in [0, 0.1) is 18.3 Å². The summed E-state index contributed by atoms with van der Waals surface area (Å²) in [5.74, 6) is 0.952. The first-order valence-electron chi connectivity index (χ1n) is 9.45. The SMILES string of the molecule is COc1nc(-c2ccc(C#N)cc2)c(-c2ccc3c(c2)nc(C)n3C)c2nccn12. The zero-order valence-electron chi connectivity index (χ0n) is 16.8. The van der Waals surface area contributed by atoms with Crippen molar-refractivity contribution < 1.29 is 4.74 Å². The van der Waals surface area contributed by atoms with E-state index in [1.807, 2.05) is 36.7 Å². The maximum absolute atomic E-state index is 9.14. The lowest BCUT2D eigenvalue weighted by Crippen LogP contribution is -2.02. The average molecular weight is 394 g/mol. The van der Waals surface area contributed by atoms with Crippen molar-refractivity contribution >= 4 is 16.7 Å². The van der Waals surface area contributed by atoms with Crippen LogP contribution < -0.4 is 4.74 Å². The molecule has 0 saturated carbocycles. The molecule has 0 bridgehead atoms. The fourth-order valence-electron chi connectivity index (χ4n) is 3.75. The number of aryl methyl sites for hydroxylation is 2. The normalized spacial score (nSPS) is 11.1. The van der Waals surface area contributed by atoms with Gasteiger partial charge < -0.3 is 9.30 Å². The molecule has 0 unspecified atom stereocenters. The number of aromatic nitrogens is 5. The largest absolute Gasteiger partial charge is 0.468 e. The van der Waals surface area contributed by atoms with E-state index < -0.39 is 0 Å². The summed E-state index contributed by atoms with van der Waals surface area (Å²) < 4.78 is 9.41. The molecule has 0 amide bonds. The summed E-state index contributed by atoms with van der Waals surface area (Å²) in [7, 11) is 3.60. The second-order valence-electron chi connectivity index (χ2n) is 7.05. The van der Waals surface area contributed by atoms with Crippen LogP contribution in [-0.4, -0.2) is 31.0 Å². The molecule has 0 atom stereocenters. The second-order valence-corrected chi connectivity index (χ2v) is 7.05. The fraction of sp³-hybridized carbons (Fsp3) is 0.130. The van der Waals surface area contributed by atoms with Gasteiger partial charge in [-0.2, -0.15) is 10.2 Å². The van der Waals surface area contributed by atoms with Gasteiger partial charge in [0.05, 0.1) is 41.0 Å².